The molecule has 7 heteroatoms. The standard InChI is InChI=1S/C19H18N4O3/c1-12(24)22-16-8-6-13(7-9-16)19(26)23-17(18(21)25)10-14-4-2-3-5-15(14)11-20/h2-9,17H,10H2,1H3,(H2,21,25)(H,22,24)(H,23,26)/t17-/m0/s1. The van der Waals surface area contributed by atoms with Crippen molar-refractivity contribution >= 4 is 23.4 Å². The molecule has 0 fully saturated rings. The van der Waals surface area contributed by atoms with E-state index in [9.17, 15) is 14.4 Å². The first-order valence-electron chi connectivity index (χ1n) is 7.86. The lowest BCUT2D eigenvalue weighted by Gasteiger charge is -2.16. The van der Waals surface area contributed by atoms with Gasteiger partial charge in [-0.3, -0.25) is 14.4 Å². The maximum absolute atomic E-state index is 12.4. The zero-order chi connectivity index (χ0) is 19.1. The van der Waals surface area contributed by atoms with Gasteiger partial charge < -0.3 is 16.4 Å². The van der Waals surface area contributed by atoms with Gasteiger partial charge in [0.2, 0.25) is 11.8 Å². The lowest BCUT2D eigenvalue weighted by molar-refractivity contribution is -0.119. The van der Waals surface area contributed by atoms with Gasteiger partial charge in [0.1, 0.15) is 6.04 Å². The second-order valence-corrected chi connectivity index (χ2v) is 5.66. The second-order valence-electron chi connectivity index (χ2n) is 5.66. The Kier molecular flexibility index (Phi) is 6.06. The number of carbonyl (C=O) groups excluding carboxylic acids is 3. The van der Waals surface area contributed by atoms with Gasteiger partial charge in [-0.25, -0.2) is 0 Å². The molecule has 2 aromatic carbocycles. The van der Waals surface area contributed by atoms with E-state index in [0.29, 0.717) is 22.4 Å². The molecule has 26 heavy (non-hydrogen) atoms. The molecule has 0 spiro atoms. The lowest BCUT2D eigenvalue weighted by Crippen LogP contribution is -2.46. The Morgan fingerprint density at radius 2 is 1.77 bits per heavy atom. The van der Waals surface area contributed by atoms with E-state index in [-0.39, 0.29) is 12.3 Å². The van der Waals surface area contributed by atoms with Crippen LogP contribution >= 0.6 is 0 Å². The number of primary amides is 1. The molecule has 2 rings (SSSR count). The van der Waals surface area contributed by atoms with E-state index in [1.165, 1.54) is 19.1 Å². The summed E-state index contributed by atoms with van der Waals surface area (Å²) in [4.78, 5) is 35.1. The van der Waals surface area contributed by atoms with Gasteiger partial charge in [-0.2, -0.15) is 5.26 Å². The van der Waals surface area contributed by atoms with Crippen molar-refractivity contribution < 1.29 is 14.4 Å². The number of nitrogens with zero attached hydrogens (tertiary/aromatic N) is 1. The number of carbonyl (C=O) groups is 3. The minimum Gasteiger partial charge on any atom is -0.368 e. The predicted molar refractivity (Wildman–Crippen MR) is 96.1 cm³/mol. The summed E-state index contributed by atoms with van der Waals surface area (Å²) in [6.07, 6.45) is 0.120. The molecule has 0 aliphatic heterocycles. The highest BCUT2D eigenvalue weighted by molar-refractivity contribution is 5.98. The van der Waals surface area contributed by atoms with Crippen LogP contribution in [0.3, 0.4) is 0 Å². The van der Waals surface area contributed by atoms with Crippen molar-refractivity contribution in [2.45, 2.75) is 19.4 Å². The monoisotopic (exact) mass is 350 g/mol. The number of anilines is 1. The summed E-state index contributed by atoms with van der Waals surface area (Å²) < 4.78 is 0. The van der Waals surface area contributed by atoms with E-state index < -0.39 is 17.9 Å². The highest BCUT2D eigenvalue weighted by Crippen LogP contribution is 2.12. The number of hydrogen-bond donors (Lipinski definition) is 3. The first-order valence-corrected chi connectivity index (χ1v) is 7.86. The zero-order valence-corrected chi connectivity index (χ0v) is 14.2. The molecule has 1 atom stereocenters. The fraction of sp³-hybridized carbons (Fsp3) is 0.158. The van der Waals surface area contributed by atoms with Crippen LogP contribution in [-0.2, 0) is 16.0 Å². The van der Waals surface area contributed by atoms with E-state index in [2.05, 4.69) is 10.6 Å². The molecule has 0 bridgehead atoms. The highest BCUT2D eigenvalue weighted by Gasteiger charge is 2.20. The number of nitriles is 1. The maximum Gasteiger partial charge on any atom is 0.251 e. The molecular weight excluding hydrogens is 332 g/mol. The summed E-state index contributed by atoms with van der Waals surface area (Å²) >= 11 is 0. The smallest absolute Gasteiger partial charge is 0.251 e. The molecule has 2 aromatic rings. The van der Waals surface area contributed by atoms with Gasteiger partial charge in [0.15, 0.2) is 0 Å². The molecule has 132 valence electrons. The molecule has 0 radical (unpaired) electrons. The minimum atomic E-state index is -0.952. The van der Waals surface area contributed by atoms with Crippen LogP contribution in [0.1, 0.15) is 28.4 Å². The summed E-state index contributed by atoms with van der Waals surface area (Å²) in [7, 11) is 0. The molecule has 0 saturated carbocycles. The molecule has 0 aliphatic rings. The Morgan fingerprint density at radius 3 is 2.35 bits per heavy atom. The van der Waals surface area contributed by atoms with E-state index in [1.54, 1.807) is 36.4 Å². The molecule has 0 aliphatic carbocycles. The number of nitrogens with two attached hydrogens (primary N) is 1. The second kappa shape index (κ2) is 8.44. The van der Waals surface area contributed by atoms with Crippen LogP contribution < -0.4 is 16.4 Å². The third-order valence-electron chi connectivity index (χ3n) is 3.68. The quantitative estimate of drug-likeness (QED) is 0.727. The molecule has 3 amide bonds. The van der Waals surface area contributed by atoms with Crippen molar-refractivity contribution in [3.8, 4) is 6.07 Å². The molecular formula is C19H18N4O3. The Morgan fingerprint density at radius 1 is 1.12 bits per heavy atom. The van der Waals surface area contributed by atoms with Gasteiger partial charge in [-0.1, -0.05) is 18.2 Å². The van der Waals surface area contributed by atoms with Crippen molar-refractivity contribution in [2.75, 3.05) is 5.32 Å². The average molecular weight is 350 g/mol. The Labute approximate surface area is 150 Å². The average Bonchev–Trinajstić information content (AvgIpc) is 2.61. The molecule has 4 N–H and O–H groups in total. The highest BCUT2D eigenvalue weighted by atomic mass is 16.2. The van der Waals surface area contributed by atoms with E-state index in [0.717, 1.165) is 0 Å². The van der Waals surface area contributed by atoms with Gasteiger partial charge in [-0.15, -0.1) is 0 Å². The predicted octanol–water partition coefficient (Wildman–Crippen LogP) is 1.34. The number of benzene rings is 2. The summed E-state index contributed by atoms with van der Waals surface area (Å²) in [6.45, 7) is 1.39. The van der Waals surface area contributed by atoms with Crippen LogP contribution in [-0.4, -0.2) is 23.8 Å². The third kappa shape index (κ3) is 4.92. The van der Waals surface area contributed by atoms with Crippen LogP contribution in [0.5, 0.6) is 0 Å². The van der Waals surface area contributed by atoms with Crippen molar-refractivity contribution in [1.29, 1.82) is 5.26 Å². The van der Waals surface area contributed by atoms with Crippen LogP contribution in [0.4, 0.5) is 5.69 Å². The summed E-state index contributed by atoms with van der Waals surface area (Å²) in [5.74, 6) is -1.38. The van der Waals surface area contributed by atoms with E-state index in [4.69, 9.17) is 11.0 Å². The zero-order valence-electron chi connectivity index (χ0n) is 14.2. The Hall–Kier alpha value is -3.66. The summed E-state index contributed by atoms with van der Waals surface area (Å²) in [5, 5.41) is 14.3. The SMILES string of the molecule is CC(=O)Nc1ccc(C(=O)N[C@@H](Cc2ccccc2C#N)C(N)=O)cc1. The number of nitrogens with one attached hydrogen (secondary N) is 2. The Bertz CT molecular complexity index is 869. The number of hydrogen-bond acceptors (Lipinski definition) is 4. The molecule has 0 unspecified atom stereocenters. The number of rotatable bonds is 6. The van der Waals surface area contributed by atoms with Crippen molar-refractivity contribution in [2.24, 2.45) is 5.73 Å². The molecule has 0 heterocycles. The van der Waals surface area contributed by atoms with Crippen molar-refractivity contribution in [1.82, 2.24) is 5.32 Å². The van der Waals surface area contributed by atoms with Crippen LogP contribution in [0.15, 0.2) is 48.5 Å². The normalized spacial score (nSPS) is 11.1. The van der Waals surface area contributed by atoms with Gasteiger partial charge in [0.05, 0.1) is 11.6 Å². The van der Waals surface area contributed by atoms with Crippen LogP contribution in [0.25, 0.3) is 0 Å². The van der Waals surface area contributed by atoms with Crippen LogP contribution in [0.2, 0.25) is 0 Å². The largest absolute Gasteiger partial charge is 0.368 e. The van der Waals surface area contributed by atoms with E-state index in [1.807, 2.05) is 6.07 Å². The van der Waals surface area contributed by atoms with Crippen molar-refractivity contribution in [3.63, 3.8) is 0 Å². The maximum atomic E-state index is 12.4. The molecule has 7 nitrogen and oxygen atoms in total. The van der Waals surface area contributed by atoms with Gasteiger partial charge in [0, 0.05) is 24.6 Å². The van der Waals surface area contributed by atoms with E-state index >= 15 is 0 Å². The molecule has 0 saturated heterocycles. The third-order valence-corrected chi connectivity index (χ3v) is 3.68. The van der Waals surface area contributed by atoms with Gasteiger partial charge in [0.25, 0.3) is 5.91 Å². The topological polar surface area (TPSA) is 125 Å². The molecule has 0 aromatic heterocycles. The van der Waals surface area contributed by atoms with Gasteiger partial charge >= 0.3 is 0 Å². The first-order chi connectivity index (χ1) is 12.4. The summed E-state index contributed by atoms with van der Waals surface area (Å²) in [6, 6.07) is 14.1. The van der Waals surface area contributed by atoms with Crippen LogP contribution in [0, 0.1) is 11.3 Å². The Balaban J connectivity index is 2.12. The lowest BCUT2D eigenvalue weighted by atomic mass is 10.00. The number of amides is 3. The fourth-order valence-electron chi connectivity index (χ4n) is 2.40. The van der Waals surface area contributed by atoms with Crippen molar-refractivity contribution in [3.05, 3.63) is 65.2 Å². The first kappa shape index (κ1) is 18.7. The summed E-state index contributed by atoms with van der Waals surface area (Å²) in [5.41, 5.74) is 7.32. The fourth-order valence-corrected chi connectivity index (χ4v) is 2.40. The van der Waals surface area contributed by atoms with Gasteiger partial charge in [-0.05, 0) is 35.9 Å². The minimum absolute atomic E-state index is 0.120.